The Hall–Kier alpha value is -0.0400. The molecule has 1 heteroatoms. The number of ether oxygens (including phenoxy) is 1. The number of unbranched alkanes of at least 4 members (excludes halogenated alkanes) is 1. The van der Waals surface area contributed by atoms with Crippen LogP contribution in [0.2, 0.25) is 0 Å². The molecule has 1 nitrogen and oxygen atoms in total. The summed E-state index contributed by atoms with van der Waals surface area (Å²) in [6.07, 6.45) is 12.7. The Morgan fingerprint density at radius 3 is 2.61 bits per heavy atom. The topological polar surface area (TPSA) is 9.23 Å². The first-order chi connectivity index (χ1) is 8.58. The molecule has 0 radical (unpaired) electrons. The van der Waals surface area contributed by atoms with Crippen LogP contribution in [-0.2, 0) is 4.74 Å². The maximum Gasteiger partial charge on any atom is 0.0749 e. The predicted octanol–water partition coefficient (Wildman–Crippen LogP) is 4.94. The van der Waals surface area contributed by atoms with Gasteiger partial charge in [0.05, 0.1) is 11.2 Å². The van der Waals surface area contributed by atoms with Gasteiger partial charge in [0.15, 0.2) is 0 Å². The Kier molecular flexibility index (Phi) is 3.25. The van der Waals surface area contributed by atoms with Gasteiger partial charge in [0, 0.05) is 0 Å². The van der Waals surface area contributed by atoms with Crippen molar-refractivity contribution in [2.24, 2.45) is 17.8 Å². The van der Waals surface area contributed by atoms with Gasteiger partial charge in [0.2, 0.25) is 0 Å². The lowest BCUT2D eigenvalue weighted by atomic mass is 9.59. The fraction of sp³-hybridized carbons (Fsp3) is 1.00. The second-order valence-electron chi connectivity index (χ2n) is 7.61. The van der Waals surface area contributed by atoms with Gasteiger partial charge in [-0.25, -0.2) is 0 Å². The van der Waals surface area contributed by atoms with Crippen molar-refractivity contribution in [2.75, 3.05) is 0 Å². The van der Waals surface area contributed by atoms with E-state index in [2.05, 4.69) is 20.8 Å². The van der Waals surface area contributed by atoms with E-state index in [0.29, 0.717) is 5.60 Å². The third kappa shape index (κ3) is 1.85. The third-order valence-corrected chi connectivity index (χ3v) is 6.26. The quantitative estimate of drug-likeness (QED) is 0.689. The van der Waals surface area contributed by atoms with Crippen LogP contribution < -0.4 is 0 Å². The lowest BCUT2D eigenvalue weighted by Crippen LogP contribution is -2.49. The van der Waals surface area contributed by atoms with E-state index in [1.165, 1.54) is 57.8 Å². The van der Waals surface area contributed by atoms with Gasteiger partial charge in [-0.05, 0) is 70.1 Å². The molecule has 1 unspecified atom stereocenters. The normalized spacial score (nSPS) is 45.8. The van der Waals surface area contributed by atoms with Crippen LogP contribution >= 0.6 is 0 Å². The summed E-state index contributed by atoms with van der Waals surface area (Å²) in [5.74, 6) is 2.57. The summed E-state index contributed by atoms with van der Waals surface area (Å²) in [5, 5.41) is 0. The number of rotatable bonds is 3. The Morgan fingerprint density at radius 1 is 1.06 bits per heavy atom. The van der Waals surface area contributed by atoms with Crippen LogP contribution in [0.25, 0.3) is 0 Å². The zero-order valence-electron chi connectivity index (χ0n) is 12.5. The van der Waals surface area contributed by atoms with Crippen molar-refractivity contribution in [1.82, 2.24) is 0 Å². The van der Waals surface area contributed by atoms with Gasteiger partial charge in [-0.2, -0.15) is 0 Å². The molecule has 18 heavy (non-hydrogen) atoms. The summed E-state index contributed by atoms with van der Waals surface area (Å²) in [5.41, 5.74) is 0.441. The zero-order chi connectivity index (χ0) is 12.8. The summed E-state index contributed by atoms with van der Waals surface area (Å²) in [4.78, 5) is 0. The minimum atomic E-state index is 0.149. The molecule has 0 N–H and O–H groups in total. The van der Waals surface area contributed by atoms with Crippen LogP contribution in [0.5, 0.6) is 0 Å². The highest BCUT2D eigenvalue weighted by Gasteiger charge is 2.60. The van der Waals surface area contributed by atoms with Gasteiger partial charge < -0.3 is 4.74 Å². The summed E-state index contributed by atoms with van der Waals surface area (Å²) >= 11 is 0. The Labute approximate surface area is 113 Å². The average molecular weight is 250 g/mol. The average Bonchev–Trinajstić information content (AvgIpc) is 2.54. The van der Waals surface area contributed by atoms with Gasteiger partial charge in [-0.3, -0.25) is 0 Å². The lowest BCUT2D eigenvalue weighted by Gasteiger charge is -2.49. The van der Waals surface area contributed by atoms with E-state index < -0.39 is 0 Å². The highest BCUT2D eigenvalue weighted by molar-refractivity contribution is 5.10. The maximum atomic E-state index is 6.77. The Morgan fingerprint density at radius 2 is 1.83 bits per heavy atom. The summed E-state index contributed by atoms with van der Waals surface area (Å²) in [6, 6.07) is 0. The van der Waals surface area contributed by atoms with Gasteiger partial charge in [-0.15, -0.1) is 0 Å². The molecule has 4 atom stereocenters. The fourth-order valence-corrected chi connectivity index (χ4v) is 5.26. The van der Waals surface area contributed by atoms with Crippen molar-refractivity contribution in [3.8, 4) is 0 Å². The molecule has 2 saturated carbocycles. The van der Waals surface area contributed by atoms with Crippen molar-refractivity contribution in [3.05, 3.63) is 0 Å². The molecule has 1 spiro atoms. The van der Waals surface area contributed by atoms with Crippen molar-refractivity contribution >= 4 is 0 Å². The number of hydrogen-bond donors (Lipinski definition) is 0. The first-order valence-electron chi connectivity index (χ1n) is 8.28. The van der Waals surface area contributed by atoms with Gasteiger partial charge in [0.25, 0.3) is 0 Å². The predicted molar refractivity (Wildman–Crippen MR) is 75.6 cm³/mol. The highest BCUT2D eigenvalue weighted by atomic mass is 16.5. The van der Waals surface area contributed by atoms with Gasteiger partial charge in [0.1, 0.15) is 0 Å². The van der Waals surface area contributed by atoms with Crippen molar-refractivity contribution in [2.45, 2.75) is 89.8 Å². The molecule has 104 valence electrons. The molecule has 1 heterocycles. The molecule has 1 aliphatic heterocycles. The molecule has 3 fully saturated rings. The monoisotopic (exact) mass is 250 g/mol. The third-order valence-electron chi connectivity index (χ3n) is 6.26. The molecule has 3 aliphatic rings. The molecule has 1 saturated heterocycles. The van der Waals surface area contributed by atoms with Crippen LogP contribution in [0.3, 0.4) is 0 Å². The van der Waals surface area contributed by atoms with Crippen LogP contribution in [0.15, 0.2) is 0 Å². The highest BCUT2D eigenvalue weighted by Crippen LogP contribution is 2.60. The van der Waals surface area contributed by atoms with Crippen LogP contribution in [0, 0.1) is 17.8 Å². The van der Waals surface area contributed by atoms with Crippen LogP contribution in [-0.4, -0.2) is 11.2 Å². The Balaban J connectivity index is 1.85. The zero-order valence-corrected chi connectivity index (χ0v) is 12.5. The SMILES string of the molecule is CCCC[C@H]1CCCC2CC[C@@H]3C[C@@]21OC3(C)C. The van der Waals surface area contributed by atoms with Crippen molar-refractivity contribution < 1.29 is 4.74 Å². The van der Waals surface area contributed by atoms with E-state index >= 15 is 0 Å². The van der Waals surface area contributed by atoms with E-state index in [1.54, 1.807) is 0 Å². The van der Waals surface area contributed by atoms with E-state index in [1.807, 2.05) is 0 Å². The largest absolute Gasteiger partial charge is 0.368 e. The first-order valence-corrected chi connectivity index (χ1v) is 8.28. The van der Waals surface area contributed by atoms with Crippen LogP contribution in [0.1, 0.15) is 78.6 Å². The fourth-order valence-electron chi connectivity index (χ4n) is 5.26. The summed E-state index contributed by atoms with van der Waals surface area (Å²) in [6.45, 7) is 7.02. The van der Waals surface area contributed by atoms with E-state index in [0.717, 1.165) is 17.8 Å². The van der Waals surface area contributed by atoms with E-state index in [-0.39, 0.29) is 5.60 Å². The number of hydrogen-bond acceptors (Lipinski definition) is 1. The Bertz CT molecular complexity index is 309. The van der Waals surface area contributed by atoms with Crippen LogP contribution in [0.4, 0.5) is 0 Å². The minimum Gasteiger partial charge on any atom is -0.368 e. The molecule has 2 aliphatic carbocycles. The molecule has 2 bridgehead atoms. The van der Waals surface area contributed by atoms with Gasteiger partial charge >= 0.3 is 0 Å². The molecular formula is C17H30O. The second-order valence-corrected chi connectivity index (χ2v) is 7.61. The molecular weight excluding hydrogens is 220 g/mol. The first kappa shape index (κ1) is 13.0. The smallest absolute Gasteiger partial charge is 0.0749 e. The van der Waals surface area contributed by atoms with Crippen molar-refractivity contribution in [3.63, 3.8) is 0 Å². The standard InChI is InChI=1S/C17H30O/c1-4-5-7-13-8-6-9-14-10-11-15-12-17(13,14)18-16(15,2)3/h13-15H,4-12H2,1-3H3/t13-,14?,15+,17-/m0/s1. The number of fused-ring (bicyclic) bond motifs is 1. The van der Waals surface area contributed by atoms with E-state index in [9.17, 15) is 0 Å². The summed E-state index contributed by atoms with van der Waals surface area (Å²) < 4.78 is 6.77. The van der Waals surface area contributed by atoms with Crippen molar-refractivity contribution in [1.29, 1.82) is 0 Å². The lowest BCUT2D eigenvalue weighted by molar-refractivity contribution is -0.162. The van der Waals surface area contributed by atoms with Gasteiger partial charge in [-0.1, -0.05) is 26.2 Å². The minimum absolute atomic E-state index is 0.149. The molecule has 3 rings (SSSR count). The molecule has 0 aromatic heterocycles. The molecule has 0 amide bonds. The maximum absolute atomic E-state index is 6.77. The van der Waals surface area contributed by atoms with E-state index in [4.69, 9.17) is 4.74 Å². The second kappa shape index (κ2) is 4.51. The molecule has 0 aromatic carbocycles. The summed E-state index contributed by atoms with van der Waals surface area (Å²) in [7, 11) is 0. The molecule has 0 aromatic rings.